The molecule has 2 heterocycles. The highest BCUT2D eigenvalue weighted by Gasteiger charge is 2.11. The quantitative estimate of drug-likeness (QED) is 0.401. The van der Waals surface area contributed by atoms with E-state index in [1.165, 1.54) is 40.0 Å². The van der Waals surface area contributed by atoms with Crippen LogP contribution in [-0.4, -0.2) is 28.8 Å². The molecule has 0 fully saturated rings. The van der Waals surface area contributed by atoms with Gasteiger partial charge in [-0.25, -0.2) is 0 Å². The first-order valence-corrected chi connectivity index (χ1v) is 10.7. The number of benzene rings is 1. The maximum atomic E-state index is 12.0. The van der Waals surface area contributed by atoms with Gasteiger partial charge < -0.3 is 4.74 Å². The molecule has 0 atom stereocenters. The summed E-state index contributed by atoms with van der Waals surface area (Å²) in [6.07, 6.45) is 0. The fourth-order valence-electron chi connectivity index (χ4n) is 1.82. The Hall–Kier alpha value is -1.35. The van der Waals surface area contributed by atoms with E-state index in [1.807, 2.05) is 41.8 Å². The minimum atomic E-state index is 0.137. The summed E-state index contributed by atoms with van der Waals surface area (Å²) in [6, 6.07) is 11.7. The third-order valence-corrected chi connectivity index (χ3v) is 7.20. The maximum Gasteiger partial charge on any atom is 0.183 e. The molecule has 0 unspecified atom stereocenters. The number of nitrogens with zero attached hydrogens (tertiary/aromatic N) is 2. The summed E-state index contributed by atoms with van der Waals surface area (Å²) in [5, 5.41) is 10.2. The smallest absolute Gasteiger partial charge is 0.183 e. The van der Waals surface area contributed by atoms with Crippen molar-refractivity contribution in [3.8, 4) is 5.75 Å². The molecule has 2 aromatic heterocycles. The molecule has 24 heavy (non-hydrogen) atoms. The fraction of sp³-hybridized carbons (Fsp3) is 0.188. The molecule has 0 radical (unpaired) electrons. The lowest BCUT2D eigenvalue weighted by Crippen LogP contribution is -1.98. The molecule has 0 N–H and O–H groups in total. The second kappa shape index (κ2) is 8.66. The van der Waals surface area contributed by atoms with E-state index in [4.69, 9.17) is 4.74 Å². The van der Waals surface area contributed by atoms with Crippen LogP contribution >= 0.6 is 46.2 Å². The van der Waals surface area contributed by atoms with Crippen molar-refractivity contribution in [2.75, 3.05) is 12.9 Å². The number of thiophene rings is 1. The van der Waals surface area contributed by atoms with Crippen LogP contribution in [-0.2, 0) is 5.75 Å². The molecule has 3 aromatic rings. The lowest BCUT2D eigenvalue weighted by atomic mass is 10.2. The SMILES string of the molecule is COc1ccc(CSc2nnc(SCC(=O)c3cccs3)s2)cc1. The van der Waals surface area contributed by atoms with Crippen molar-refractivity contribution < 1.29 is 9.53 Å². The maximum absolute atomic E-state index is 12.0. The Bertz CT molecular complexity index is 785. The summed E-state index contributed by atoms with van der Waals surface area (Å²) in [5.41, 5.74) is 1.21. The number of hydrogen-bond donors (Lipinski definition) is 0. The Morgan fingerprint density at radius 2 is 1.88 bits per heavy atom. The number of carbonyl (C=O) groups excluding carboxylic acids is 1. The summed E-state index contributed by atoms with van der Waals surface area (Å²) in [4.78, 5) is 12.8. The lowest BCUT2D eigenvalue weighted by molar-refractivity contribution is 0.102. The second-order valence-electron chi connectivity index (χ2n) is 4.66. The molecule has 4 nitrogen and oxygen atoms in total. The van der Waals surface area contributed by atoms with E-state index in [2.05, 4.69) is 10.2 Å². The Labute approximate surface area is 156 Å². The molecule has 0 spiro atoms. The highest BCUT2D eigenvalue weighted by Crippen LogP contribution is 2.31. The number of ether oxygens (including phenoxy) is 1. The molecule has 0 bridgehead atoms. The molecule has 0 aliphatic heterocycles. The molecule has 1 aromatic carbocycles. The van der Waals surface area contributed by atoms with Crippen LogP contribution < -0.4 is 4.74 Å². The topological polar surface area (TPSA) is 52.1 Å². The lowest BCUT2D eigenvalue weighted by Gasteiger charge is -2.01. The highest BCUT2D eigenvalue weighted by molar-refractivity contribution is 8.03. The molecule has 8 heteroatoms. The summed E-state index contributed by atoms with van der Waals surface area (Å²) in [5.74, 6) is 2.22. The van der Waals surface area contributed by atoms with Gasteiger partial charge in [0.15, 0.2) is 14.5 Å². The highest BCUT2D eigenvalue weighted by atomic mass is 32.2. The van der Waals surface area contributed by atoms with Gasteiger partial charge in [0, 0.05) is 5.75 Å². The average molecular weight is 395 g/mol. The van der Waals surface area contributed by atoms with Gasteiger partial charge in [-0.15, -0.1) is 21.5 Å². The van der Waals surface area contributed by atoms with E-state index in [9.17, 15) is 4.79 Å². The van der Waals surface area contributed by atoms with Crippen LogP contribution in [0.5, 0.6) is 5.75 Å². The molecular weight excluding hydrogens is 380 g/mol. The van der Waals surface area contributed by atoms with Crippen LogP contribution in [0, 0.1) is 0 Å². The van der Waals surface area contributed by atoms with Crippen LogP contribution in [0.1, 0.15) is 15.2 Å². The van der Waals surface area contributed by atoms with E-state index in [-0.39, 0.29) is 5.78 Å². The molecule has 0 aliphatic rings. The fourth-order valence-corrected chi connectivity index (χ4v) is 5.43. The zero-order valence-electron chi connectivity index (χ0n) is 12.8. The number of ketones is 1. The number of rotatable bonds is 8. The van der Waals surface area contributed by atoms with Crippen LogP contribution in [0.25, 0.3) is 0 Å². The van der Waals surface area contributed by atoms with Crippen molar-refractivity contribution in [2.45, 2.75) is 14.4 Å². The molecule has 3 rings (SSSR count). The van der Waals surface area contributed by atoms with Gasteiger partial charge in [0.05, 0.1) is 17.7 Å². The molecule has 0 saturated heterocycles. The van der Waals surface area contributed by atoms with Gasteiger partial charge in [-0.05, 0) is 29.1 Å². The van der Waals surface area contributed by atoms with Gasteiger partial charge in [-0.1, -0.05) is 53.1 Å². The molecule has 0 amide bonds. The Balaban J connectivity index is 1.49. The number of Topliss-reactive ketones (excluding diaryl/α,β-unsaturated/α-hetero) is 1. The summed E-state index contributed by atoms with van der Waals surface area (Å²) in [7, 11) is 1.66. The monoisotopic (exact) mass is 394 g/mol. The number of thioether (sulfide) groups is 2. The molecule has 0 aliphatic carbocycles. The molecule has 124 valence electrons. The van der Waals surface area contributed by atoms with Crippen molar-refractivity contribution in [1.29, 1.82) is 0 Å². The third-order valence-electron chi connectivity index (χ3n) is 3.03. The van der Waals surface area contributed by atoms with E-state index in [1.54, 1.807) is 18.9 Å². The first kappa shape index (κ1) is 17.5. The van der Waals surface area contributed by atoms with Gasteiger partial charge >= 0.3 is 0 Å². The Morgan fingerprint density at radius 3 is 2.54 bits per heavy atom. The summed E-state index contributed by atoms with van der Waals surface area (Å²) in [6.45, 7) is 0. The van der Waals surface area contributed by atoms with Crippen LogP contribution in [0.2, 0.25) is 0 Å². The Morgan fingerprint density at radius 1 is 1.12 bits per heavy atom. The van der Waals surface area contributed by atoms with Crippen molar-refractivity contribution in [1.82, 2.24) is 10.2 Å². The molecule has 0 saturated carbocycles. The van der Waals surface area contributed by atoms with Crippen molar-refractivity contribution in [3.05, 3.63) is 52.2 Å². The normalized spacial score (nSPS) is 10.7. The van der Waals surface area contributed by atoms with Crippen LogP contribution in [0.15, 0.2) is 50.5 Å². The van der Waals surface area contributed by atoms with E-state index >= 15 is 0 Å². The zero-order chi connectivity index (χ0) is 16.8. The average Bonchev–Trinajstić information content (AvgIpc) is 3.30. The van der Waals surface area contributed by atoms with E-state index in [0.717, 1.165) is 25.1 Å². The van der Waals surface area contributed by atoms with Gasteiger partial charge in [-0.3, -0.25) is 4.79 Å². The Kier molecular flexibility index (Phi) is 6.30. The van der Waals surface area contributed by atoms with Gasteiger partial charge in [-0.2, -0.15) is 0 Å². The van der Waals surface area contributed by atoms with Crippen molar-refractivity contribution in [2.24, 2.45) is 0 Å². The minimum absolute atomic E-state index is 0.137. The van der Waals surface area contributed by atoms with Crippen LogP contribution in [0.3, 0.4) is 0 Å². The van der Waals surface area contributed by atoms with Crippen molar-refractivity contribution >= 4 is 52.0 Å². The number of hydrogen-bond acceptors (Lipinski definition) is 8. The first-order chi connectivity index (χ1) is 11.7. The second-order valence-corrected chi connectivity index (χ2v) is 9.03. The predicted octanol–water partition coefficient (Wildman–Crippen LogP) is 4.88. The largest absolute Gasteiger partial charge is 0.497 e. The first-order valence-electron chi connectivity index (χ1n) is 7.03. The van der Waals surface area contributed by atoms with Gasteiger partial charge in [0.1, 0.15) is 5.75 Å². The summed E-state index contributed by atoms with van der Waals surface area (Å²) >= 11 is 6.09. The van der Waals surface area contributed by atoms with Gasteiger partial charge in [0.2, 0.25) is 0 Å². The van der Waals surface area contributed by atoms with E-state index in [0.29, 0.717) is 5.75 Å². The number of methoxy groups -OCH3 is 1. The minimum Gasteiger partial charge on any atom is -0.497 e. The molecular formula is C16H14N2O2S4. The van der Waals surface area contributed by atoms with E-state index < -0.39 is 0 Å². The summed E-state index contributed by atoms with van der Waals surface area (Å²) < 4.78 is 6.90. The van der Waals surface area contributed by atoms with Crippen molar-refractivity contribution in [3.63, 3.8) is 0 Å². The number of carbonyl (C=O) groups is 1. The third kappa shape index (κ3) is 4.83. The van der Waals surface area contributed by atoms with Crippen LogP contribution in [0.4, 0.5) is 0 Å². The number of aromatic nitrogens is 2. The standard InChI is InChI=1S/C16H14N2O2S4/c1-20-12-6-4-11(5-7-12)9-22-15-17-18-16(24-15)23-10-13(19)14-3-2-8-21-14/h2-8H,9-10H2,1H3. The zero-order valence-corrected chi connectivity index (χ0v) is 16.1. The predicted molar refractivity (Wildman–Crippen MR) is 102 cm³/mol. The van der Waals surface area contributed by atoms with Gasteiger partial charge in [0.25, 0.3) is 0 Å².